The molecule has 1 atom stereocenters. The molecule has 1 heterocycles. The Bertz CT molecular complexity index is 598. The van der Waals surface area contributed by atoms with Gasteiger partial charge in [-0.25, -0.2) is 0 Å². The Kier molecular flexibility index (Phi) is 3.03. The molecule has 2 N–H and O–H groups in total. The quantitative estimate of drug-likeness (QED) is 0.874. The minimum absolute atomic E-state index is 0.266. The lowest BCUT2D eigenvalue weighted by Gasteiger charge is -2.22. The van der Waals surface area contributed by atoms with Gasteiger partial charge in [-0.3, -0.25) is 0 Å². The Balaban J connectivity index is 1.91. The van der Waals surface area contributed by atoms with E-state index in [4.69, 9.17) is 0 Å². The second-order valence-electron chi connectivity index (χ2n) is 4.61. The fourth-order valence-corrected chi connectivity index (χ4v) is 3.65. The number of benzene rings is 2. The first-order valence-electron chi connectivity index (χ1n) is 6.19. The molecule has 3 nitrogen and oxygen atoms in total. The lowest BCUT2D eigenvalue weighted by atomic mass is 10.2. The van der Waals surface area contributed by atoms with Gasteiger partial charge in [-0.15, -0.1) is 0 Å². The maximum absolute atomic E-state index is 9.57. The van der Waals surface area contributed by atoms with Gasteiger partial charge in [0.2, 0.25) is 0 Å². The van der Waals surface area contributed by atoms with Crippen molar-refractivity contribution in [2.24, 2.45) is 0 Å². The first-order chi connectivity index (χ1) is 9.19. The zero-order chi connectivity index (χ0) is 13.4. The highest BCUT2D eigenvalue weighted by atomic mass is 32.2. The molecule has 0 amide bonds. The monoisotopic (exact) mass is 272 g/mol. The molecule has 0 saturated heterocycles. The predicted molar refractivity (Wildman–Crippen MR) is 81.1 cm³/mol. The molecule has 2 aromatic rings. The third-order valence-corrected chi connectivity index (χ3v) is 4.79. The molecule has 0 aliphatic carbocycles. The molecule has 0 saturated carbocycles. The van der Waals surface area contributed by atoms with Gasteiger partial charge in [-0.1, -0.05) is 23.9 Å². The second-order valence-corrected chi connectivity index (χ2v) is 5.73. The minimum atomic E-state index is 0.266. The number of nitrogens with zero attached hydrogens (tertiary/aromatic N) is 1. The number of thioether (sulfide) groups is 1. The second kappa shape index (κ2) is 4.70. The number of rotatable bonds is 2. The molecule has 1 unspecified atom stereocenters. The lowest BCUT2D eigenvalue weighted by Crippen LogP contribution is -2.16. The number of aromatic hydroxyl groups is 1. The SMILES string of the molecule is CNc1ccc(C2Sc3cc(O)ccc3N2C)cc1. The smallest absolute Gasteiger partial charge is 0.116 e. The van der Waals surface area contributed by atoms with Crippen molar-refractivity contribution in [3.63, 3.8) is 0 Å². The van der Waals surface area contributed by atoms with Crippen molar-refractivity contribution < 1.29 is 5.11 Å². The zero-order valence-corrected chi connectivity index (χ0v) is 11.7. The average Bonchev–Trinajstić information content (AvgIpc) is 2.75. The van der Waals surface area contributed by atoms with Crippen LogP contribution in [0.3, 0.4) is 0 Å². The molecule has 98 valence electrons. The van der Waals surface area contributed by atoms with Crippen LogP contribution in [0.25, 0.3) is 0 Å². The molecule has 3 rings (SSSR count). The van der Waals surface area contributed by atoms with E-state index < -0.39 is 0 Å². The van der Waals surface area contributed by atoms with E-state index in [1.807, 2.05) is 19.2 Å². The van der Waals surface area contributed by atoms with Gasteiger partial charge in [0, 0.05) is 24.7 Å². The molecule has 4 heteroatoms. The summed E-state index contributed by atoms with van der Waals surface area (Å²) in [5.41, 5.74) is 3.55. The van der Waals surface area contributed by atoms with Crippen LogP contribution >= 0.6 is 11.8 Å². The number of nitrogens with one attached hydrogen (secondary N) is 1. The maximum atomic E-state index is 9.57. The highest BCUT2D eigenvalue weighted by molar-refractivity contribution is 8.00. The molecule has 0 bridgehead atoms. The average molecular weight is 272 g/mol. The van der Waals surface area contributed by atoms with Crippen LogP contribution in [0.1, 0.15) is 10.9 Å². The van der Waals surface area contributed by atoms with Gasteiger partial charge in [0.15, 0.2) is 0 Å². The van der Waals surface area contributed by atoms with Crippen molar-refractivity contribution in [2.45, 2.75) is 10.3 Å². The van der Waals surface area contributed by atoms with Crippen LogP contribution < -0.4 is 10.2 Å². The van der Waals surface area contributed by atoms with Crippen LogP contribution in [-0.4, -0.2) is 19.2 Å². The van der Waals surface area contributed by atoms with Gasteiger partial charge < -0.3 is 15.3 Å². The summed E-state index contributed by atoms with van der Waals surface area (Å²) in [4.78, 5) is 3.37. The van der Waals surface area contributed by atoms with Crippen LogP contribution in [0.5, 0.6) is 5.75 Å². The Hall–Kier alpha value is -1.81. The topological polar surface area (TPSA) is 35.5 Å². The highest BCUT2D eigenvalue weighted by Gasteiger charge is 2.28. The molecule has 19 heavy (non-hydrogen) atoms. The first-order valence-corrected chi connectivity index (χ1v) is 7.07. The minimum Gasteiger partial charge on any atom is -0.508 e. The Morgan fingerprint density at radius 3 is 2.58 bits per heavy atom. The summed E-state index contributed by atoms with van der Waals surface area (Å²) in [5.74, 6) is 0.325. The van der Waals surface area contributed by atoms with Gasteiger partial charge in [0.05, 0.1) is 5.69 Å². The standard InChI is InChI=1S/C15H16N2OS/c1-16-11-5-3-10(4-6-11)15-17(2)13-8-7-12(18)9-14(13)19-15/h3-9,15-16,18H,1-2H3. The summed E-state index contributed by atoms with van der Waals surface area (Å²) < 4.78 is 0. The number of hydrogen-bond acceptors (Lipinski definition) is 4. The van der Waals surface area contributed by atoms with Gasteiger partial charge in [0.1, 0.15) is 11.1 Å². The van der Waals surface area contributed by atoms with E-state index in [1.165, 1.54) is 11.3 Å². The third-order valence-electron chi connectivity index (χ3n) is 3.40. The van der Waals surface area contributed by atoms with Crippen LogP contribution in [-0.2, 0) is 0 Å². The Morgan fingerprint density at radius 2 is 1.89 bits per heavy atom. The van der Waals surface area contributed by atoms with Crippen LogP contribution in [0.4, 0.5) is 11.4 Å². The number of phenols is 1. The molecule has 1 aliphatic rings. The van der Waals surface area contributed by atoms with E-state index in [0.29, 0.717) is 5.75 Å². The van der Waals surface area contributed by atoms with Crippen LogP contribution in [0, 0.1) is 0 Å². The van der Waals surface area contributed by atoms with Crippen molar-refractivity contribution in [3.05, 3.63) is 48.0 Å². The first kappa shape index (κ1) is 12.2. The molecule has 1 aliphatic heterocycles. The summed E-state index contributed by atoms with van der Waals surface area (Å²) >= 11 is 1.77. The van der Waals surface area contributed by atoms with E-state index in [-0.39, 0.29) is 5.37 Å². The Morgan fingerprint density at radius 1 is 1.16 bits per heavy atom. The van der Waals surface area contributed by atoms with Gasteiger partial charge in [-0.2, -0.15) is 0 Å². The predicted octanol–water partition coefficient (Wildman–Crippen LogP) is 3.67. The van der Waals surface area contributed by atoms with E-state index in [9.17, 15) is 5.11 Å². The number of phenolic OH excluding ortho intramolecular Hbond substituents is 1. The largest absolute Gasteiger partial charge is 0.508 e. The third kappa shape index (κ3) is 2.12. The molecule has 0 aromatic heterocycles. The van der Waals surface area contributed by atoms with Crippen molar-refractivity contribution in [1.29, 1.82) is 0 Å². The summed E-state index contributed by atoms with van der Waals surface area (Å²) in [7, 11) is 4.01. The highest BCUT2D eigenvalue weighted by Crippen LogP contribution is 2.51. The summed E-state index contributed by atoms with van der Waals surface area (Å²) in [5, 5.41) is 13.0. The van der Waals surface area contributed by atoms with Crippen LogP contribution in [0.15, 0.2) is 47.4 Å². The van der Waals surface area contributed by atoms with Gasteiger partial charge >= 0.3 is 0 Å². The van der Waals surface area contributed by atoms with Gasteiger partial charge in [0.25, 0.3) is 0 Å². The number of anilines is 2. The Labute approximate surface area is 117 Å². The van der Waals surface area contributed by atoms with Crippen molar-refractivity contribution in [3.8, 4) is 5.75 Å². The van der Waals surface area contributed by atoms with Crippen LogP contribution in [0.2, 0.25) is 0 Å². The summed E-state index contributed by atoms with van der Waals surface area (Å²) in [6.07, 6.45) is 0. The summed E-state index contributed by atoms with van der Waals surface area (Å²) in [6.45, 7) is 0. The fourth-order valence-electron chi connectivity index (χ4n) is 2.32. The molecular formula is C15H16N2OS. The fraction of sp³-hybridized carbons (Fsp3) is 0.200. The van der Waals surface area contributed by atoms with E-state index in [0.717, 1.165) is 10.6 Å². The van der Waals surface area contributed by atoms with E-state index >= 15 is 0 Å². The number of hydrogen-bond donors (Lipinski definition) is 2. The maximum Gasteiger partial charge on any atom is 0.116 e. The van der Waals surface area contributed by atoms with Crippen molar-refractivity contribution >= 4 is 23.1 Å². The molecule has 0 radical (unpaired) electrons. The van der Waals surface area contributed by atoms with Crippen molar-refractivity contribution in [1.82, 2.24) is 0 Å². The van der Waals surface area contributed by atoms with Gasteiger partial charge in [-0.05, 0) is 35.9 Å². The molecular weight excluding hydrogens is 256 g/mol. The van der Waals surface area contributed by atoms with E-state index in [2.05, 4.69) is 41.5 Å². The summed E-state index contributed by atoms with van der Waals surface area (Å²) in [6, 6.07) is 14.0. The zero-order valence-electron chi connectivity index (χ0n) is 10.9. The molecule has 0 spiro atoms. The normalized spacial score (nSPS) is 17.4. The van der Waals surface area contributed by atoms with Crippen molar-refractivity contribution in [2.75, 3.05) is 24.3 Å². The van der Waals surface area contributed by atoms with E-state index in [1.54, 1.807) is 17.8 Å². The number of fused-ring (bicyclic) bond motifs is 1. The molecule has 2 aromatic carbocycles. The molecule has 0 fully saturated rings. The lowest BCUT2D eigenvalue weighted by molar-refractivity contribution is 0.474.